The Morgan fingerprint density at radius 2 is 2.05 bits per heavy atom. The van der Waals surface area contributed by atoms with Crippen molar-refractivity contribution in [1.82, 2.24) is 14.8 Å². The number of benzene rings is 1. The van der Waals surface area contributed by atoms with Crippen molar-refractivity contribution in [3.63, 3.8) is 0 Å². The molecule has 1 N–H and O–H groups in total. The van der Waals surface area contributed by atoms with Gasteiger partial charge in [0.25, 0.3) is 0 Å². The van der Waals surface area contributed by atoms with E-state index in [-0.39, 0.29) is 5.91 Å². The minimum atomic E-state index is -0.626. The van der Waals surface area contributed by atoms with E-state index in [0.29, 0.717) is 11.9 Å². The summed E-state index contributed by atoms with van der Waals surface area (Å²) in [5.74, 6) is 1.69. The molecular weight excluding hydrogens is 276 g/mol. The molecule has 22 heavy (non-hydrogen) atoms. The summed E-state index contributed by atoms with van der Waals surface area (Å²) >= 11 is 0. The molecule has 116 valence electrons. The number of nitrogens with one attached hydrogen (secondary N) is 1. The molecule has 1 aliphatic heterocycles. The van der Waals surface area contributed by atoms with Crippen molar-refractivity contribution >= 4 is 11.9 Å². The highest BCUT2D eigenvalue weighted by Gasteiger charge is 2.31. The summed E-state index contributed by atoms with van der Waals surface area (Å²) < 4.78 is 1.92. The van der Waals surface area contributed by atoms with Crippen LogP contribution in [0.3, 0.4) is 0 Å². The van der Waals surface area contributed by atoms with Gasteiger partial charge in [0.05, 0.1) is 5.41 Å². The predicted octanol–water partition coefficient (Wildman–Crippen LogP) is 3.09. The van der Waals surface area contributed by atoms with E-state index in [0.717, 1.165) is 30.8 Å². The zero-order valence-electron chi connectivity index (χ0n) is 13.3. The number of nitrogens with zero attached hydrogens (tertiary/aromatic N) is 3. The first-order valence-corrected chi connectivity index (χ1v) is 7.80. The summed E-state index contributed by atoms with van der Waals surface area (Å²) in [6.07, 6.45) is 2.24. The van der Waals surface area contributed by atoms with Crippen molar-refractivity contribution in [2.45, 2.75) is 51.5 Å². The van der Waals surface area contributed by atoms with Crippen molar-refractivity contribution in [2.24, 2.45) is 0 Å². The van der Waals surface area contributed by atoms with Gasteiger partial charge in [-0.3, -0.25) is 10.1 Å². The molecule has 0 spiro atoms. The van der Waals surface area contributed by atoms with Crippen LogP contribution in [0.25, 0.3) is 0 Å². The number of aryl methyl sites for hydroxylation is 1. The molecule has 0 saturated carbocycles. The van der Waals surface area contributed by atoms with E-state index in [9.17, 15) is 4.79 Å². The molecule has 1 unspecified atom stereocenters. The van der Waals surface area contributed by atoms with E-state index in [1.165, 1.54) is 0 Å². The number of anilines is 1. The second kappa shape index (κ2) is 5.55. The lowest BCUT2D eigenvalue weighted by molar-refractivity contribution is -0.120. The number of hydrogen-bond acceptors (Lipinski definition) is 3. The third kappa shape index (κ3) is 2.63. The minimum Gasteiger partial charge on any atom is -0.292 e. The lowest BCUT2D eigenvalue weighted by Gasteiger charge is -2.23. The predicted molar refractivity (Wildman–Crippen MR) is 85.8 cm³/mol. The van der Waals surface area contributed by atoms with Crippen molar-refractivity contribution in [1.29, 1.82) is 0 Å². The topological polar surface area (TPSA) is 59.8 Å². The number of fused-ring (bicyclic) bond motifs is 1. The number of rotatable bonds is 3. The van der Waals surface area contributed by atoms with Crippen molar-refractivity contribution < 1.29 is 4.79 Å². The number of carbonyl (C=O) groups is 1. The van der Waals surface area contributed by atoms with Crippen LogP contribution in [0.2, 0.25) is 0 Å². The highest BCUT2D eigenvalue weighted by molar-refractivity contribution is 5.97. The molecule has 0 fully saturated rings. The summed E-state index contributed by atoms with van der Waals surface area (Å²) in [4.78, 5) is 17.1. The molecule has 0 bridgehead atoms. The maximum atomic E-state index is 12.6. The van der Waals surface area contributed by atoms with Gasteiger partial charge in [-0.2, -0.15) is 4.98 Å². The van der Waals surface area contributed by atoms with Gasteiger partial charge in [0.1, 0.15) is 5.82 Å². The fourth-order valence-corrected chi connectivity index (χ4v) is 2.86. The zero-order chi connectivity index (χ0) is 15.7. The summed E-state index contributed by atoms with van der Waals surface area (Å²) in [6, 6.07) is 9.77. The lowest BCUT2D eigenvalue weighted by atomic mass is 9.84. The van der Waals surface area contributed by atoms with Crippen LogP contribution in [-0.2, 0) is 16.8 Å². The quantitative estimate of drug-likeness (QED) is 0.947. The summed E-state index contributed by atoms with van der Waals surface area (Å²) in [6.45, 7) is 6.86. The molecule has 1 atom stereocenters. The van der Waals surface area contributed by atoms with Crippen LogP contribution >= 0.6 is 0 Å². The van der Waals surface area contributed by atoms with Gasteiger partial charge in [0.15, 0.2) is 0 Å². The molecule has 0 radical (unpaired) electrons. The molecule has 2 aromatic rings. The largest absolute Gasteiger partial charge is 0.292 e. The van der Waals surface area contributed by atoms with Gasteiger partial charge in [0, 0.05) is 12.5 Å². The van der Waals surface area contributed by atoms with E-state index in [1.54, 1.807) is 0 Å². The molecule has 1 aromatic carbocycles. The number of aromatic nitrogens is 3. The van der Waals surface area contributed by atoms with Crippen LogP contribution in [0.1, 0.15) is 50.9 Å². The second-order valence-corrected chi connectivity index (χ2v) is 6.51. The third-order valence-corrected chi connectivity index (χ3v) is 4.44. The molecule has 3 rings (SSSR count). The first-order valence-electron chi connectivity index (χ1n) is 7.80. The first kappa shape index (κ1) is 14.8. The molecule has 5 heteroatoms. The monoisotopic (exact) mass is 298 g/mol. The SMILES string of the molecule is CC1CCCn2nc(NC(=O)C(C)(C)c3ccccc3)nc21. The second-order valence-electron chi connectivity index (χ2n) is 6.51. The Morgan fingerprint density at radius 3 is 2.73 bits per heavy atom. The maximum absolute atomic E-state index is 12.6. The van der Waals surface area contributed by atoms with Crippen LogP contribution < -0.4 is 5.32 Å². The average Bonchev–Trinajstić information content (AvgIpc) is 2.92. The Labute approximate surface area is 130 Å². The molecule has 5 nitrogen and oxygen atoms in total. The molecule has 1 aromatic heterocycles. The van der Waals surface area contributed by atoms with E-state index < -0.39 is 5.41 Å². The van der Waals surface area contributed by atoms with Gasteiger partial charge in [-0.25, -0.2) is 4.68 Å². The highest BCUT2D eigenvalue weighted by Crippen LogP contribution is 2.27. The van der Waals surface area contributed by atoms with Crippen LogP contribution in [0, 0.1) is 0 Å². The maximum Gasteiger partial charge on any atom is 0.249 e. The molecule has 0 saturated heterocycles. The Kier molecular flexibility index (Phi) is 3.72. The van der Waals surface area contributed by atoms with E-state index in [2.05, 4.69) is 22.3 Å². The van der Waals surface area contributed by atoms with E-state index >= 15 is 0 Å². The van der Waals surface area contributed by atoms with Crippen LogP contribution in [-0.4, -0.2) is 20.7 Å². The number of carbonyl (C=O) groups excluding carboxylic acids is 1. The smallest absolute Gasteiger partial charge is 0.249 e. The van der Waals surface area contributed by atoms with Gasteiger partial charge in [0.2, 0.25) is 11.9 Å². The van der Waals surface area contributed by atoms with Gasteiger partial charge in [-0.1, -0.05) is 37.3 Å². The average molecular weight is 298 g/mol. The van der Waals surface area contributed by atoms with Gasteiger partial charge in [-0.15, -0.1) is 5.10 Å². The fraction of sp³-hybridized carbons (Fsp3) is 0.471. The Hall–Kier alpha value is -2.17. The minimum absolute atomic E-state index is 0.0886. The van der Waals surface area contributed by atoms with Crippen molar-refractivity contribution in [3.05, 3.63) is 41.7 Å². The normalized spacial score (nSPS) is 17.9. The number of amides is 1. The van der Waals surface area contributed by atoms with E-state index in [1.807, 2.05) is 48.9 Å². The molecular formula is C17H22N4O. The molecule has 0 aliphatic carbocycles. The summed E-state index contributed by atoms with van der Waals surface area (Å²) in [5.41, 5.74) is 0.350. The van der Waals surface area contributed by atoms with Gasteiger partial charge in [-0.05, 0) is 32.3 Å². The van der Waals surface area contributed by atoms with Crippen LogP contribution in [0.15, 0.2) is 30.3 Å². The Bertz CT molecular complexity index is 675. The van der Waals surface area contributed by atoms with Crippen molar-refractivity contribution in [3.8, 4) is 0 Å². The van der Waals surface area contributed by atoms with E-state index in [4.69, 9.17) is 0 Å². The number of hydrogen-bond donors (Lipinski definition) is 1. The molecule has 1 amide bonds. The third-order valence-electron chi connectivity index (χ3n) is 4.44. The summed E-state index contributed by atoms with van der Waals surface area (Å²) in [7, 11) is 0. The Morgan fingerprint density at radius 1 is 1.32 bits per heavy atom. The lowest BCUT2D eigenvalue weighted by Crippen LogP contribution is -2.35. The first-order chi connectivity index (χ1) is 10.5. The molecule has 2 heterocycles. The Balaban J connectivity index is 1.80. The standard InChI is InChI=1S/C17H22N4O/c1-12-8-7-11-21-14(12)18-16(20-21)19-15(22)17(2,3)13-9-5-4-6-10-13/h4-6,9-10,12H,7-8,11H2,1-3H3,(H,19,20,22). The van der Waals surface area contributed by atoms with Gasteiger partial charge >= 0.3 is 0 Å². The fourth-order valence-electron chi connectivity index (χ4n) is 2.86. The zero-order valence-corrected chi connectivity index (χ0v) is 13.3. The van der Waals surface area contributed by atoms with Gasteiger partial charge < -0.3 is 0 Å². The molecule has 1 aliphatic rings. The van der Waals surface area contributed by atoms with Crippen LogP contribution in [0.4, 0.5) is 5.95 Å². The van der Waals surface area contributed by atoms with Crippen LogP contribution in [0.5, 0.6) is 0 Å². The summed E-state index contributed by atoms with van der Waals surface area (Å²) in [5, 5.41) is 7.30. The van der Waals surface area contributed by atoms with Crippen molar-refractivity contribution in [2.75, 3.05) is 5.32 Å². The highest BCUT2D eigenvalue weighted by atomic mass is 16.2.